The van der Waals surface area contributed by atoms with Gasteiger partial charge in [-0.15, -0.1) is 0 Å². The molecule has 0 bridgehead atoms. The van der Waals surface area contributed by atoms with Crippen molar-refractivity contribution in [3.8, 4) is 0 Å². The summed E-state index contributed by atoms with van der Waals surface area (Å²) in [6.07, 6.45) is 1.02. The van der Waals surface area contributed by atoms with Crippen molar-refractivity contribution in [3.05, 3.63) is 60.1 Å². The molecular formula is C23H29NO6. The number of carbonyl (C=O) groups is 2. The zero-order valence-electron chi connectivity index (χ0n) is 17.5. The molecule has 4 atom stereocenters. The molecule has 2 unspecified atom stereocenters. The van der Waals surface area contributed by atoms with Crippen LogP contribution in [-0.4, -0.2) is 44.7 Å². The maximum atomic E-state index is 13.2. The Hall–Kier alpha value is -2.64. The summed E-state index contributed by atoms with van der Waals surface area (Å²) in [6, 6.07) is 11.5. The average Bonchev–Trinajstić information content (AvgIpc) is 3.32. The number of aliphatic hydroxyl groups excluding tert-OH is 1. The van der Waals surface area contributed by atoms with Crippen LogP contribution < -0.4 is 0 Å². The Morgan fingerprint density at radius 2 is 1.87 bits per heavy atom. The molecule has 3 rings (SSSR count). The highest BCUT2D eigenvalue weighted by Crippen LogP contribution is 2.38. The fourth-order valence-electron chi connectivity index (χ4n) is 4.07. The van der Waals surface area contributed by atoms with E-state index in [0.29, 0.717) is 19.4 Å². The Morgan fingerprint density at radius 1 is 1.17 bits per heavy atom. The minimum atomic E-state index is -1.24. The van der Waals surface area contributed by atoms with Gasteiger partial charge in [0, 0.05) is 12.6 Å². The van der Waals surface area contributed by atoms with Gasteiger partial charge in [0.2, 0.25) is 0 Å². The van der Waals surface area contributed by atoms with Crippen LogP contribution in [0.3, 0.4) is 0 Å². The number of rotatable bonds is 7. The fraction of sp³-hybridized carbons (Fsp3) is 0.478. The maximum Gasteiger partial charge on any atom is 0.320 e. The summed E-state index contributed by atoms with van der Waals surface area (Å²) in [6.45, 7) is 5.64. The molecule has 0 amide bonds. The van der Waals surface area contributed by atoms with E-state index in [2.05, 4.69) is 0 Å². The number of carboxylic acids is 1. The van der Waals surface area contributed by atoms with Crippen LogP contribution in [0.2, 0.25) is 0 Å². The topological polar surface area (TPSA) is 100 Å². The number of nitrogens with zero attached hydrogens (tertiary/aromatic N) is 1. The van der Waals surface area contributed by atoms with Crippen LogP contribution in [0.4, 0.5) is 0 Å². The molecule has 7 heteroatoms. The molecule has 162 valence electrons. The zero-order valence-corrected chi connectivity index (χ0v) is 17.5. The summed E-state index contributed by atoms with van der Waals surface area (Å²) in [5.41, 5.74) is 0.193. The van der Waals surface area contributed by atoms with E-state index in [1.54, 1.807) is 37.8 Å². The summed E-state index contributed by atoms with van der Waals surface area (Å²) in [4.78, 5) is 26.9. The highest BCUT2D eigenvalue weighted by Gasteiger charge is 2.48. The Kier molecular flexibility index (Phi) is 6.63. The molecule has 2 N–H and O–H groups in total. The molecule has 30 heavy (non-hydrogen) atoms. The molecule has 1 fully saturated rings. The third-order valence-electron chi connectivity index (χ3n) is 5.32. The molecule has 1 aliphatic rings. The van der Waals surface area contributed by atoms with Gasteiger partial charge in [-0.25, -0.2) is 0 Å². The van der Waals surface area contributed by atoms with Crippen molar-refractivity contribution in [2.75, 3.05) is 0 Å². The van der Waals surface area contributed by atoms with Crippen molar-refractivity contribution in [3.63, 3.8) is 0 Å². The fourth-order valence-corrected chi connectivity index (χ4v) is 4.07. The lowest BCUT2D eigenvalue weighted by Crippen LogP contribution is -2.48. The number of carboxylic acid groups (broad SMARTS) is 1. The van der Waals surface area contributed by atoms with E-state index < -0.39 is 41.6 Å². The van der Waals surface area contributed by atoms with Gasteiger partial charge in [-0.1, -0.05) is 30.3 Å². The highest BCUT2D eigenvalue weighted by atomic mass is 16.6. The summed E-state index contributed by atoms with van der Waals surface area (Å²) in [5.74, 6) is -2.24. The SMILES string of the molecule is CC(C)(C)OC(=O)C(C(O)c1ccco1)[C@H]1CC[C@@H](C(=O)O)N1Cc1ccccc1. The zero-order chi connectivity index (χ0) is 21.9. The number of aliphatic hydroxyl groups is 1. The van der Waals surface area contributed by atoms with Gasteiger partial charge in [0.25, 0.3) is 0 Å². The second-order valence-electron chi connectivity index (χ2n) is 8.68. The van der Waals surface area contributed by atoms with Crippen LogP contribution in [0.1, 0.15) is 51.0 Å². The number of aliphatic carboxylic acids is 1. The van der Waals surface area contributed by atoms with Gasteiger partial charge < -0.3 is 19.4 Å². The molecule has 0 spiro atoms. The number of hydrogen-bond acceptors (Lipinski definition) is 6. The molecule has 1 aromatic heterocycles. The number of hydrogen-bond donors (Lipinski definition) is 2. The minimum Gasteiger partial charge on any atom is -0.480 e. The summed E-state index contributed by atoms with van der Waals surface area (Å²) in [7, 11) is 0. The Balaban J connectivity index is 1.96. The van der Waals surface area contributed by atoms with Crippen molar-refractivity contribution in [1.82, 2.24) is 4.90 Å². The summed E-state index contributed by atoms with van der Waals surface area (Å²) in [5, 5.41) is 20.8. The molecular weight excluding hydrogens is 386 g/mol. The number of benzene rings is 1. The van der Waals surface area contributed by atoms with E-state index >= 15 is 0 Å². The largest absolute Gasteiger partial charge is 0.480 e. The molecule has 1 aliphatic heterocycles. The number of esters is 1. The first-order valence-corrected chi connectivity index (χ1v) is 10.1. The third kappa shape index (κ3) is 5.09. The first kappa shape index (κ1) is 22.1. The van der Waals surface area contributed by atoms with Gasteiger partial charge in [-0.3, -0.25) is 14.5 Å². The molecule has 0 radical (unpaired) electrons. The molecule has 7 nitrogen and oxygen atoms in total. The van der Waals surface area contributed by atoms with Gasteiger partial charge >= 0.3 is 11.9 Å². The average molecular weight is 415 g/mol. The first-order chi connectivity index (χ1) is 14.2. The van der Waals surface area contributed by atoms with Crippen molar-refractivity contribution < 1.29 is 29.0 Å². The lowest BCUT2D eigenvalue weighted by Gasteiger charge is -2.35. The van der Waals surface area contributed by atoms with E-state index in [1.165, 1.54) is 6.26 Å². The maximum absolute atomic E-state index is 13.2. The molecule has 2 aromatic rings. The van der Waals surface area contributed by atoms with Gasteiger partial charge in [0.15, 0.2) is 0 Å². The molecule has 0 saturated carbocycles. The number of ether oxygens (including phenoxy) is 1. The number of furan rings is 1. The van der Waals surface area contributed by atoms with Gasteiger partial charge in [-0.05, 0) is 51.3 Å². The molecule has 0 aliphatic carbocycles. The minimum absolute atomic E-state index is 0.254. The Labute approximate surface area is 176 Å². The molecule has 1 aromatic carbocycles. The lowest BCUT2D eigenvalue weighted by molar-refractivity contribution is -0.169. The smallest absolute Gasteiger partial charge is 0.320 e. The predicted molar refractivity (Wildman–Crippen MR) is 109 cm³/mol. The van der Waals surface area contributed by atoms with Crippen LogP contribution in [0, 0.1) is 5.92 Å². The Bertz CT molecular complexity index is 842. The van der Waals surface area contributed by atoms with Crippen LogP contribution in [0.25, 0.3) is 0 Å². The number of carbonyl (C=O) groups excluding carboxylic acids is 1. The standard InChI is InChI=1S/C23H29NO6/c1-23(2,3)30-22(28)19(20(25)18-10-7-13-29-18)16-11-12-17(21(26)27)24(16)14-15-8-5-4-6-9-15/h4-10,13,16-17,19-20,25H,11-12,14H2,1-3H3,(H,26,27)/t16-,17+,19?,20?/m1/s1. The first-order valence-electron chi connectivity index (χ1n) is 10.1. The lowest BCUT2D eigenvalue weighted by atomic mass is 9.89. The van der Waals surface area contributed by atoms with E-state index in [9.17, 15) is 19.8 Å². The van der Waals surface area contributed by atoms with Crippen molar-refractivity contribution in [2.24, 2.45) is 5.92 Å². The second kappa shape index (κ2) is 9.02. The molecule has 1 saturated heterocycles. The van der Waals surface area contributed by atoms with Gasteiger partial charge in [0.1, 0.15) is 29.4 Å². The summed E-state index contributed by atoms with van der Waals surface area (Å²) >= 11 is 0. The van der Waals surface area contributed by atoms with Crippen LogP contribution in [0.5, 0.6) is 0 Å². The highest BCUT2D eigenvalue weighted by molar-refractivity contribution is 5.77. The third-order valence-corrected chi connectivity index (χ3v) is 5.32. The van der Waals surface area contributed by atoms with E-state index in [0.717, 1.165) is 5.56 Å². The number of likely N-dealkylation sites (tertiary alicyclic amines) is 1. The second-order valence-corrected chi connectivity index (χ2v) is 8.68. The van der Waals surface area contributed by atoms with Crippen LogP contribution >= 0.6 is 0 Å². The van der Waals surface area contributed by atoms with E-state index in [4.69, 9.17) is 9.15 Å². The van der Waals surface area contributed by atoms with Crippen LogP contribution in [-0.2, 0) is 20.9 Å². The van der Waals surface area contributed by atoms with Crippen molar-refractivity contribution in [1.29, 1.82) is 0 Å². The van der Waals surface area contributed by atoms with E-state index in [-0.39, 0.29) is 5.76 Å². The normalized spacial score (nSPS) is 21.9. The monoisotopic (exact) mass is 415 g/mol. The van der Waals surface area contributed by atoms with Crippen LogP contribution in [0.15, 0.2) is 53.1 Å². The van der Waals surface area contributed by atoms with E-state index in [1.807, 2.05) is 30.3 Å². The van der Waals surface area contributed by atoms with Gasteiger partial charge in [0.05, 0.1) is 6.26 Å². The molecule has 2 heterocycles. The van der Waals surface area contributed by atoms with Crippen molar-refractivity contribution in [2.45, 2.75) is 63.9 Å². The van der Waals surface area contributed by atoms with Crippen molar-refractivity contribution >= 4 is 11.9 Å². The Morgan fingerprint density at radius 3 is 2.43 bits per heavy atom. The quantitative estimate of drug-likeness (QED) is 0.669. The summed E-state index contributed by atoms with van der Waals surface area (Å²) < 4.78 is 11.0. The predicted octanol–water partition coefficient (Wildman–Crippen LogP) is 3.39. The van der Waals surface area contributed by atoms with Gasteiger partial charge in [-0.2, -0.15) is 0 Å².